The average molecular weight is 955 g/mol. The molecule has 366 valence electrons. The van der Waals surface area contributed by atoms with Gasteiger partial charge in [-0.2, -0.15) is 0 Å². The number of pyridine rings is 2. The molecule has 6 aromatic rings. The molecule has 2 heterocycles. The molecule has 12 N–H and O–H groups in total. The van der Waals surface area contributed by atoms with E-state index in [0.717, 1.165) is 32.7 Å². The summed E-state index contributed by atoms with van der Waals surface area (Å²) >= 11 is 0. The first kappa shape index (κ1) is 51.1. The van der Waals surface area contributed by atoms with Crippen LogP contribution >= 0.6 is 0 Å². The molecule has 0 aliphatic carbocycles. The van der Waals surface area contributed by atoms with Gasteiger partial charge in [0.05, 0.1) is 37.7 Å². The maximum Gasteiger partial charge on any atom is 0.338 e. The summed E-state index contributed by atoms with van der Waals surface area (Å²) in [7, 11) is 0. The Labute approximate surface area is 406 Å². The van der Waals surface area contributed by atoms with Crippen LogP contribution in [0.3, 0.4) is 0 Å². The van der Waals surface area contributed by atoms with Gasteiger partial charge in [0.25, 0.3) is 0 Å². The van der Waals surface area contributed by atoms with Crippen molar-refractivity contribution in [2.45, 2.75) is 76.7 Å². The number of guanidine groups is 2. The number of amides is 2. The highest BCUT2D eigenvalue weighted by Gasteiger charge is 2.25. The van der Waals surface area contributed by atoms with Crippen molar-refractivity contribution in [2.75, 3.05) is 26.3 Å². The molecule has 0 unspecified atom stereocenters. The normalized spacial score (nSPS) is 11.7. The van der Waals surface area contributed by atoms with Crippen LogP contribution < -0.4 is 53.0 Å². The zero-order valence-electron chi connectivity index (χ0n) is 39.1. The lowest BCUT2D eigenvalue weighted by Crippen LogP contribution is -2.78. The zero-order valence-corrected chi connectivity index (χ0v) is 39.1. The number of rotatable bonds is 27. The van der Waals surface area contributed by atoms with E-state index in [1.807, 2.05) is 72.8 Å². The van der Waals surface area contributed by atoms with Crippen LogP contribution in [0.15, 0.2) is 122 Å². The highest BCUT2D eigenvalue weighted by molar-refractivity contribution is 6.09. The summed E-state index contributed by atoms with van der Waals surface area (Å²) in [5.74, 6) is -0.520. The molecule has 70 heavy (non-hydrogen) atoms. The molecule has 0 bridgehead atoms. The summed E-state index contributed by atoms with van der Waals surface area (Å²) in [6, 6.07) is 32.6. The number of hydrogen-bond acceptors (Lipinski definition) is 10. The van der Waals surface area contributed by atoms with E-state index in [1.165, 1.54) is 0 Å². The Kier molecular flexibility index (Phi) is 19.6. The number of nitrogens with two attached hydrogens (primary N) is 4. The van der Waals surface area contributed by atoms with Crippen molar-refractivity contribution in [1.82, 2.24) is 20.6 Å². The minimum absolute atomic E-state index is 0.0317. The number of nitrogens with one attached hydrogen (secondary N) is 4. The SMILES string of the molecule is NC(N)=[NH+]CCC[C@@H](NC(=O)CCCOc1ccc2ccccc2c1-c1c(OCCCC(=O)N[C@H](CCC[NH+]=C(N)N)C(=O)OCc2ccccn2)ccc2ccccc12)C(=O)OCc1ccccn1. The Morgan fingerprint density at radius 2 is 0.929 bits per heavy atom. The summed E-state index contributed by atoms with van der Waals surface area (Å²) in [4.78, 5) is 67.0. The Morgan fingerprint density at radius 1 is 0.514 bits per heavy atom. The third-order valence-electron chi connectivity index (χ3n) is 11.1. The molecule has 2 atom stereocenters. The number of carbonyl (C=O) groups excluding carboxylic acids is 4. The Morgan fingerprint density at radius 3 is 1.33 bits per heavy atom. The van der Waals surface area contributed by atoms with Crippen LogP contribution in [0.4, 0.5) is 0 Å². The lowest BCUT2D eigenvalue weighted by molar-refractivity contribution is -0.460. The topological polar surface area (TPSA) is 287 Å². The van der Waals surface area contributed by atoms with Gasteiger partial charge < -0.3 is 29.6 Å². The third-order valence-corrected chi connectivity index (χ3v) is 11.1. The first-order valence-electron chi connectivity index (χ1n) is 23.3. The van der Waals surface area contributed by atoms with Crippen molar-refractivity contribution in [3.8, 4) is 22.6 Å². The standard InChI is InChI=1S/C52H60N10O8/c53-51(54)59-29-9-19-41(49(65)69-33-37-15-5-7-27-57-37)61-45(63)21-11-31-67-43-25-23-35-13-1-3-17-39(35)47(43)48-40-18-4-2-14-36(40)24-26-44(48)68-32-12-22-46(64)62-42(20-10-30-60-52(55)56)50(66)70-34-38-16-6-8-28-58-38/h1-8,13-18,23-28,41-42H,9-12,19-22,29-34H2,(H,61,63)(H,62,64)(H4,53,54,59)(H4,55,56,60)/p+2/t41-,42-/m1/s1. The molecule has 18 nitrogen and oxygen atoms in total. The molecule has 18 heteroatoms. The third kappa shape index (κ3) is 15.9. The van der Waals surface area contributed by atoms with Crippen molar-refractivity contribution in [2.24, 2.45) is 22.9 Å². The second-order valence-corrected chi connectivity index (χ2v) is 16.4. The fourth-order valence-electron chi connectivity index (χ4n) is 7.66. The Balaban J connectivity index is 1.12. The summed E-state index contributed by atoms with van der Waals surface area (Å²) in [6.07, 6.45) is 5.63. The van der Waals surface area contributed by atoms with Gasteiger partial charge in [-0.05, 0) is 96.5 Å². The number of esters is 2. The molecule has 0 spiro atoms. The second kappa shape index (κ2) is 26.9. The second-order valence-electron chi connectivity index (χ2n) is 16.4. The van der Waals surface area contributed by atoms with Crippen molar-refractivity contribution in [3.05, 3.63) is 133 Å². The van der Waals surface area contributed by atoms with Gasteiger partial charge in [-0.3, -0.25) is 52.5 Å². The highest BCUT2D eigenvalue weighted by atomic mass is 16.5. The quantitative estimate of drug-likeness (QED) is 0.0157. The number of benzene rings is 4. The van der Waals surface area contributed by atoms with E-state index in [9.17, 15) is 19.2 Å². The van der Waals surface area contributed by atoms with Gasteiger partial charge in [-0.15, -0.1) is 0 Å². The van der Waals surface area contributed by atoms with E-state index < -0.39 is 24.0 Å². The summed E-state index contributed by atoms with van der Waals surface area (Å²) in [6.45, 7) is 1.13. The number of hydrogen-bond donors (Lipinski definition) is 8. The van der Waals surface area contributed by atoms with Crippen LogP contribution in [-0.4, -0.2) is 84.0 Å². The molecule has 0 fully saturated rings. The lowest BCUT2D eigenvalue weighted by atomic mass is 9.92. The van der Waals surface area contributed by atoms with E-state index in [1.54, 1.807) is 48.8 Å². The number of ether oxygens (including phenoxy) is 4. The molecular weight excluding hydrogens is 893 g/mol. The summed E-state index contributed by atoms with van der Waals surface area (Å²) in [5, 5.41) is 9.50. The van der Waals surface area contributed by atoms with Gasteiger partial charge >= 0.3 is 23.9 Å². The largest absolute Gasteiger partial charge is 0.493 e. The maximum absolute atomic E-state index is 13.3. The van der Waals surface area contributed by atoms with Gasteiger partial charge in [-0.1, -0.05) is 72.8 Å². The molecule has 4 aromatic carbocycles. The summed E-state index contributed by atoms with van der Waals surface area (Å²) < 4.78 is 24.1. The minimum Gasteiger partial charge on any atom is -0.493 e. The first-order valence-corrected chi connectivity index (χ1v) is 23.3. The Bertz CT molecular complexity index is 2540. The van der Waals surface area contributed by atoms with Crippen LogP contribution in [0.25, 0.3) is 32.7 Å². The average Bonchev–Trinajstić information content (AvgIpc) is 3.37. The van der Waals surface area contributed by atoms with Crippen LogP contribution in [0.1, 0.15) is 62.8 Å². The van der Waals surface area contributed by atoms with E-state index in [0.29, 0.717) is 74.5 Å². The van der Waals surface area contributed by atoms with Crippen LogP contribution in [0.2, 0.25) is 0 Å². The van der Waals surface area contributed by atoms with Crippen molar-refractivity contribution < 1.29 is 48.1 Å². The van der Waals surface area contributed by atoms with Crippen LogP contribution in [0, 0.1) is 0 Å². The molecule has 2 amide bonds. The summed E-state index contributed by atoms with van der Waals surface area (Å²) in [5.41, 5.74) is 24.9. The minimum atomic E-state index is -0.901. The number of nitrogens with zero attached hydrogens (tertiary/aromatic N) is 2. The smallest absolute Gasteiger partial charge is 0.338 e. The predicted molar refractivity (Wildman–Crippen MR) is 265 cm³/mol. The van der Waals surface area contributed by atoms with Crippen LogP contribution in [-0.2, 0) is 41.9 Å². The molecule has 0 saturated heterocycles. The fraction of sp³-hybridized carbons (Fsp3) is 0.308. The highest BCUT2D eigenvalue weighted by Crippen LogP contribution is 2.45. The Hall–Kier alpha value is -8.28. The van der Waals surface area contributed by atoms with Gasteiger partial charge in [0.2, 0.25) is 11.8 Å². The molecule has 0 aliphatic heterocycles. The maximum atomic E-state index is 13.3. The van der Waals surface area contributed by atoms with Gasteiger partial charge in [0.15, 0.2) is 0 Å². The molecular formula is C52H62N10O8+2. The molecule has 2 aromatic heterocycles. The number of carbonyl (C=O) groups is 4. The van der Waals surface area contributed by atoms with Crippen molar-refractivity contribution in [3.63, 3.8) is 0 Å². The van der Waals surface area contributed by atoms with Crippen molar-refractivity contribution >= 4 is 57.2 Å². The lowest BCUT2D eigenvalue weighted by Gasteiger charge is -2.20. The van der Waals surface area contributed by atoms with E-state index in [2.05, 4.69) is 30.6 Å². The fourth-order valence-corrected chi connectivity index (χ4v) is 7.66. The molecule has 0 saturated carbocycles. The number of fused-ring (bicyclic) bond motifs is 2. The van der Waals surface area contributed by atoms with Gasteiger partial charge in [0, 0.05) is 36.4 Å². The monoisotopic (exact) mass is 954 g/mol. The molecule has 0 aliphatic rings. The van der Waals surface area contributed by atoms with E-state index in [-0.39, 0.29) is 63.0 Å². The van der Waals surface area contributed by atoms with Crippen molar-refractivity contribution in [1.29, 1.82) is 0 Å². The molecule has 6 rings (SSSR count). The zero-order chi connectivity index (χ0) is 49.5. The van der Waals surface area contributed by atoms with Crippen LogP contribution in [0.5, 0.6) is 11.5 Å². The first-order chi connectivity index (χ1) is 34.0. The van der Waals surface area contributed by atoms with Gasteiger partial charge in [-0.25, -0.2) is 9.59 Å². The van der Waals surface area contributed by atoms with E-state index in [4.69, 9.17) is 41.9 Å². The van der Waals surface area contributed by atoms with Gasteiger partial charge in [0.1, 0.15) is 36.8 Å². The number of aromatic nitrogens is 2. The predicted octanol–water partition coefficient (Wildman–Crippen LogP) is 1.49. The van der Waals surface area contributed by atoms with E-state index >= 15 is 0 Å². The molecule has 0 radical (unpaired) electrons.